The third kappa shape index (κ3) is 4.80. The summed E-state index contributed by atoms with van der Waals surface area (Å²) >= 11 is 6.13. The number of nitrogens with one attached hydrogen (secondary N) is 1. The van der Waals surface area contributed by atoms with E-state index in [9.17, 15) is 13.2 Å². The number of hydrogen-bond acceptors (Lipinski definition) is 3. The van der Waals surface area contributed by atoms with Crippen LogP contribution in [-0.4, -0.2) is 27.1 Å². The Hall–Kier alpha value is -2.63. The molecule has 0 atom stereocenters. The van der Waals surface area contributed by atoms with Crippen LogP contribution in [0, 0.1) is 0 Å². The van der Waals surface area contributed by atoms with E-state index in [-0.39, 0.29) is 21.4 Å². The molecule has 1 amide bonds. The largest absolute Gasteiger partial charge is 0.351 e. The second kappa shape index (κ2) is 8.59. The van der Waals surface area contributed by atoms with E-state index < -0.39 is 15.7 Å². The number of hydrogen-bond donors (Lipinski definition) is 1. The second-order valence-electron chi connectivity index (χ2n) is 6.50. The lowest BCUT2D eigenvalue weighted by Crippen LogP contribution is -2.29. The van der Waals surface area contributed by atoms with Crippen LogP contribution in [-0.2, 0) is 9.84 Å². The number of carbonyl (C=O) groups excluding carboxylic acids is 1. The molecular weight excluding hydrogens is 394 g/mol. The van der Waals surface area contributed by atoms with Crippen LogP contribution in [0.25, 0.3) is 0 Å². The quantitative estimate of drug-likeness (QED) is 0.655. The molecule has 28 heavy (non-hydrogen) atoms. The Labute approximate surface area is 170 Å². The minimum Gasteiger partial charge on any atom is -0.351 e. The monoisotopic (exact) mass is 413 g/mol. The van der Waals surface area contributed by atoms with E-state index in [2.05, 4.69) is 5.32 Å². The summed E-state index contributed by atoms with van der Waals surface area (Å²) in [5.74, 6) is -0.449. The molecule has 0 spiro atoms. The predicted molar refractivity (Wildman–Crippen MR) is 112 cm³/mol. The molecular formula is C22H20ClNO3S. The molecule has 0 unspecified atom stereocenters. The number of halogens is 1. The highest BCUT2D eigenvalue weighted by Crippen LogP contribution is 2.25. The van der Waals surface area contributed by atoms with Crippen molar-refractivity contribution in [1.82, 2.24) is 5.32 Å². The topological polar surface area (TPSA) is 63.2 Å². The van der Waals surface area contributed by atoms with Crippen LogP contribution in [0.3, 0.4) is 0 Å². The number of rotatable bonds is 6. The molecule has 0 fully saturated rings. The van der Waals surface area contributed by atoms with E-state index in [1.54, 1.807) is 0 Å². The van der Waals surface area contributed by atoms with Gasteiger partial charge in [-0.25, -0.2) is 8.42 Å². The smallest absolute Gasteiger partial charge is 0.252 e. The molecule has 0 bridgehead atoms. The van der Waals surface area contributed by atoms with Crippen molar-refractivity contribution in [3.05, 3.63) is 101 Å². The molecule has 6 heteroatoms. The van der Waals surface area contributed by atoms with E-state index in [1.165, 1.54) is 18.2 Å². The van der Waals surface area contributed by atoms with Crippen LogP contribution in [0.15, 0.2) is 83.8 Å². The van der Waals surface area contributed by atoms with Crippen molar-refractivity contribution in [3.8, 4) is 0 Å². The van der Waals surface area contributed by atoms with Crippen molar-refractivity contribution < 1.29 is 13.2 Å². The Morgan fingerprint density at radius 1 is 0.929 bits per heavy atom. The van der Waals surface area contributed by atoms with E-state index in [1.807, 2.05) is 60.7 Å². The first-order chi connectivity index (χ1) is 13.4. The molecule has 0 aliphatic heterocycles. The first-order valence-corrected chi connectivity index (χ1v) is 11.0. The summed E-state index contributed by atoms with van der Waals surface area (Å²) in [5, 5.41) is 3.11. The summed E-state index contributed by atoms with van der Waals surface area (Å²) in [6.45, 7) is 0.353. The minimum atomic E-state index is -3.43. The fourth-order valence-electron chi connectivity index (χ4n) is 3.00. The lowest BCUT2D eigenvalue weighted by atomic mass is 9.91. The molecule has 3 aromatic carbocycles. The number of benzene rings is 3. The van der Waals surface area contributed by atoms with Gasteiger partial charge in [-0.3, -0.25) is 4.79 Å². The molecule has 0 aliphatic carbocycles. The summed E-state index contributed by atoms with van der Waals surface area (Å²) in [7, 11) is -3.43. The highest BCUT2D eigenvalue weighted by atomic mass is 35.5. The molecule has 0 radical (unpaired) electrons. The summed E-state index contributed by atoms with van der Waals surface area (Å²) in [6, 6.07) is 23.9. The molecule has 0 saturated heterocycles. The van der Waals surface area contributed by atoms with Gasteiger partial charge in [0.25, 0.3) is 5.91 Å². The summed E-state index contributed by atoms with van der Waals surface area (Å²) < 4.78 is 23.6. The van der Waals surface area contributed by atoms with Gasteiger partial charge in [0.15, 0.2) is 9.84 Å². The van der Waals surface area contributed by atoms with Crippen molar-refractivity contribution in [1.29, 1.82) is 0 Å². The number of amides is 1. The molecule has 0 aromatic heterocycles. The molecule has 0 heterocycles. The zero-order valence-corrected chi connectivity index (χ0v) is 16.9. The summed E-state index contributed by atoms with van der Waals surface area (Å²) in [6.07, 6.45) is 1.10. The van der Waals surface area contributed by atoms with Gasteiger partial charge >= 0.3 is 0 Å². The van der Waals surface area contributed by atoms with Crippen LogP contribution >= 0.6 is 11.6 Å². The van der Waals surface area contributed by atoms with Crippen LogP contribution in [0.5, 0.6) is 0 Å². The average molecular weight is 414 g/mol. The molecule has 0 saturated carbocycles. The Morgan fingerprint density at radius 2 is 1.46 bits per heavy atom. The third-order valence-corrected chi connectivity index (χ3v) is 5.92. The van der Waals surface area contributed by atoms with E-state index in [0.717, 1.165) is 17.4 Å². The maximum Gasteiger partial charge on any atom is 0.252 e. The van der Waals surface area contributed by atoms with Crippen molar-refractivity contribution in [2.24, 2.45) is 0 Å². The molecule has 3 rings (SSSR count). The van der Waals surface area contributed by atoms with Crippen LogP contribution in [0.2, 0.25) is 5.02 Å². The van der Waals surface area contributed by atoms with Gasteiger partial charge in [-0.1, -0.05) is 72.3 Å². The van der Waals surface area contributed by atoms with Gasteiger partial charge in [0.05, 0.1) is 15.5 Å². The maximum atomic E-state index is 12.7. The van der Waals surface area contributed by atoms with Gasteiger partial charge < -0.3 is 5.32 Å². The minimum absolute atomic E-state index is 0.0387. The Balaban J connectivity index is 1.85. The van der Waals surface area contributed by atoms with Gasteiger partial charge in [0.2, 0.25) is 0 Å². The number of carbonyl (C=O) groups is 1. The Kier molecular flexibility index (Phi) is 6.17. The lowest BCUT2D eigenvalue weighted by molar-refractivity contribution is 0.0952. The van der Waals surface area contributed by atoms with E-state index in [0.29, 0.717) is 6.54 Å². The number of sulfone groups is 1. The van der Waals surface area contributed by atoms with Crippen molar-refractivity contribution in [2.45, 2.75) is 10.8 Å². The summed E-state index contributed by atoms with van der Waals surface area (Å²) in [4.78, 5) is 12.8. The van der Waals surface area contributed by atoms with Crippen molar-refractivity contribution >= 4 is 27.3 Å². The standard InChI is InChI=1S/C22H20ClNO3S/c1-28(26,27)18-12-13-21(23)19(14-18)22(25)24-15-20(16-8-4-2-5-9-16)17-10-6-3-7-11-17/h2-14,20H,15H2,1H3,(H,24,25). The van der Waals surface area contributed by atoms with Crippen LogP contribution in [0.4, 0.5) is 0 Å². The SMILES string of the molecule is CS(=O)(=O)c1ccc(Cl)c(C(=O)NCC(c2ccccc2)c2ccccc2)c1. The highest BCUT2D eigenvalue weighted by Gasteiger charge is 2.19. The third-order valence-electron chi connectivity index (χ3n) is 4.48. The van der Waals surface area contributed by atoms with Gasteiger partial charge in [-0.2, -0.15) is 0 Å². The highest BCUT2D eigenvalue weighted by molar-refractivity contribution is 7.90. The fraction of sp³-hybridized carbons (Fsp3) is 0.136. The maximum absolute atomic E-state index is 12.7. The zero-order chi connectivity index (χ0) is 20.1. The van der Waals surface area contributed by atoms with Crippen molar-refractivity contribution in [2.75, 3.05) is 12.8 Å². The Morgan fingerprint density at radius 3 is 1.96 bits per heavy atom. The molecule has 1 N–H and O–H groups in total. The van der Waals surface area contributed by atoms with Crippen LogP contribution in [0.1, 0.15) is 27.4 Å². The van der Waals surface area contributed by atoms with Gasteiger partial charge in [-0.05, 0) is 29.3 Å². The fourth-order valence-corrected chi connectivity index (χ4v) is 3.85. The molecule has 3 aromatic rings. The van der Waals surface area contributed by atoms with E-state index >= 15 is 0 Å². The van der Waals surface area contributed by atoms with Gasteiger partial charge in [0.1, 0.15) is 0 Å². The first-order valence-electron chi connectivity index (χ1n) is 8.74. The predicted octanol–water partition coefficient (Wildman–Crippen LogP) is 4.31. The molecule has 144 valence electrons. The molecule has 0 aliphatic rings. The first kappa shape index (κ1) is 20.1. The normalized spacial score (nSPS) is 11.4. The lowest BCUT2D eigenvalue weighted by Gasteiger charge is -2.19. The molecule has 4 nitrogen and oxygen atoms in total. The summed E-state index contributed by atoms with van der Waals surface area (Å²) in [5.41, 5.74) is 2.29. The zero-order valence-electron chi connectivity index (χ0n) is 15.3. The van der Waals surface area contributed by atoms with Crippen molar-refractivity contribution in [3.63, 3.8) is 0 Å². The van der Waals surface area contributed by atoms with Gasteiger partial charge in [-0.15, -0.1) is 0 Å². The van der Waals surface area contributed by atoms with Crippen LogP contribution < -0.4 is 5.32 Å². The Bertz CT molecular complexity index is 1030. The average Bonchev–Trinajstić information content (AvgIpc) is 2.69. The van der Waals surface area contributed by atoms with Gasteiger partial charge in [0, 0.05) is 18.7 Å². The second-order valence-corrected chi connectivity index (χ2v) is 8.92. The van der Waals surface area contributed by atoms with E-state index in [4.69, 9.17) is 11.6 Å².